The van der Waals surface area contributed by atoms with Gasteiger partial charge in [0, 0.05) is 53.0 Å². The zero-order valence-corrected chi connectivity index (χ0v) is 17.6. The van der Waals surface area contributed by atoms with E-state index in [0.717, 1.165) is 16.8 Å². The van der Waals surface area contributed by atoms with Gasteiger partial charge in [0.05, 0.1) is 11.8 Å². The van der Waals surface area contributed by atoms with Crippen molar-refractivity contribution < 1.29 is 0 Å². The molecule has 3 aromatic heterocycles. The molecule has 3 N–H and O–H groups in total. The maximum atomic E-state index is 9.09. The normalized spacial score (nSPS) is 11.4. The number of hydrogen-bond donors (Lipinski definition) is 3. The molecule has 0 saturated heterocycles. The molecule has 3 heterocycles. The van der Waals surface area contributed by atoms with E-state index in [0.29, 0.717) is 28.3 Å². The molecule has 0 saturated carbocycles. The van der Waals surface area contributed by atoms with E-state index in [1.807, 2.05) is 50.2 Å². The van der Waals surface area contributed by atoms with E-state index in [4.69, 9.17) is 10.8 Å². The number of nitrogens with zero attached hydrogens (tertiary/aromatic N) is 6. The van der Waals surface area contributed by atoms with E-state index in [1.54, 1.807) is 29.3 Å². The summed E-state index contributed by atoms with van der Waals surface area (Å²) >= 11 is 0. The Labute approximate surface area is 185 Å². The van der Waals surface area contributed by atoms with Gasteiger partial charge in [-0.3, -0.25) is 0 Å². The number of nitrogens with one attached hydrogen (secondary N) is 3. The number of rotatable bonds is 7. The first-order valence-corrected chi connectivity index (χ1v) is 9.99. The summed E-state index contributed by atoms with van der Waals surface area (Å²) in [4.78, 5) is 8.91. The lowest BCUT2D eigenvalue weighted by Crippen LogP contribution is -2.13. The van der Waals surface area contributed by atoms with Crippen molar-refractivity contribution in [3.63, 3.8) is 0 Å². The lowest BCUT2D eigenvalue weighted by molar-refractivity contribution is 0.856. The predicted octanol–water partition coefficient (Wildman–Crippen LogP) is 4.95. The quantitative estimate of drug-likeness (QED) is 0.361. The van der Waals surface area contributed by atoms with Gasteiger partial charge in [0.1, 0.15) is 11.8 Å². The van der Waals surface area contributed by atoms with E-state index < -0.39 is 0 Å². The number of hydrogen-bond acceptors (Lipinski definition) is 8. The highest BCUT2D eigenvalue weighted by molar-refractivity contribution is 5.79. The van der Waals surface area contributed by atoms with Crippen LogP contribution in [0, 0.1) is 16.9 Å². The first kappa shape index (κ1) is 20.7. The second-order valence-corrected chi connectivity index (χ2v) is 7.34. The van der Waals surface area contributed by atoms with Gasteiger partial charge in [-0.15, -0.1) is 0 Å². The highest BCUT2D eigenvalue weighted by Gasteiger charge is 2.14. The highest BCUT2D eigenvalue weighted by Crippen LogP contribution is 2.28. The molecule has 0 unspecified atom stereocenters. The number of fused-ring (bicyclic) bond motifs is 1. The summed E-state index contributed by atoms with van der Waals surface area (Å²) in [6.07, 6.45) is 6.51. The minimum atomic E-state index is 0.142. The van der Waals surface area contributed by atoms with E-state index >= 15 is 0 Å². The van der Waals surface area contributed by atoms with Crippen LogP contribution in [0.5, 0.6) is 0 Å². The van der Waals surface area contributed by atoms with Gasteiger partial charge in [-0.2, -0.15) is 20.2 Å². The Morgan fingerprint density at radius 1 is 1.16 bits per heavy atom. The lowest BCUT2D eigenvalue weighted by Gasteiger charge is -2.16. The third kappa shape index (κ3) is 4.29. The van der Waals surface area contributed by atoms with Gasteiger partial charge >= 0.3 is 0 Å². The van der Waals surface area contributed by atoms with E-state index in [-0.39, 0.29) is 6.04 Å². The van der Waals surface area contributed by atoms with Crippen LogP contribution in [-0.4, -0.2) is 25.8 Å². The molecule has 4 rings (SSSR count). The average Bonchev–Trinajstić information content (AvgIpc) is 3.23. The van der Waals surface area contributed by atoms with Crippen LogP contribution >= 0.6 is 0 Å². The minimum Gasteiger partial charge on any atom is -0.382 e. The zero-order valence-electron chi connectivity index (χ0n) is 17.6. The van der Waals surface area contributed by atoms with Gasteiger partial charge in [-0.25, -0.2) is 15.5 Å². The molecule has 0 amide bonds. The molecule has 0 fully saturated rings. The molecule has 0 bridgehead atoms. The summed E-state index contributed by atoms with van der Waals surface area (Å²) in [6, 6.07) is 15.5. The average molecular weight is 423 g/mol. The molecule has 0 spiro atoms. The van der Waals surface area contributed by atoms with Gasteiger partial charge in [0.25, 0.3) is 0 Å². The Morgan fingerprint density at radius 3 is 2.69 bits per heavy atom. The van der Waals surface area contributed by atoms with Crippen LogP contribution in [0.15, 0.2) is 72.4 Å². The summed E-state index contributed by atoms with van der Waals surface area (Å²) in [5, 5.41) is 24.5. The lowest BCUT2D eigenvalue weighted by atomic mass is 10.1. The van der Waals surface area contributed by atoms with Gasteiger partial charge in [0.15, 0.2) is 11.5 Å². The van der Waals surface area contributed by atoms with Crippen molar-refractivity contribution in [3.05, 3.63) is 78.4 Å². The monoisotopic (exact) mass is 423 g/mol. The maximum Gasteiger partial charge on any atom is 0.164 e. The number of aromatic nitrogens is 4. The van der Waals surface area contributed by atoms with Crippen molar-refractivity contribution >= 4 is 28.1 Å². The molecule has 0 aliphatic heterocycles. The van der Waals surface area contributed by atoms with Crippen LogP contribution in [0.25, 0.3) is 22.5 Å². The third-order valence-corrected chi connectivity index (χ3v) is 4.63. The first-order chi connectivity index (χ1) is 15.6. The SMILES string of the molecule is CC(C)Nc1cc(-n2ncc3cc(C#N)cnc32)ncc1/C(=C/Nc1ccccc1)N=N. The summed E-state index contributed by atoms with van der Waals surface area (Å²) in [5.41, 5.74) is 11.5. The molecule has 4 aromatic rings. The van der Waals surface area contributed by atoms with Crippen LogP contribution in [-0.2, 0) is 0 Å². The van der Waals surface area contributed by atoms with Crippen molar-refractivity contribution in [2.24, 2.45) is 5.11 Å². The Kier molecular flexibility index (Phi) is 5.85. The third-order valence-electron chi connectivity index (χ3n) is 4.63. The number of para-hydroxylation sites is 1. The standard InChI is InChI=1S/C23H21N9/c1-15(2)30-20-9-22(32-23-17(12-29-32)8-16(10-24)11-28-23)27-13-19(20)21(31-25)14-26-18-6-4-3-5-7-18/h3-9,11-15,25-26H,1-2H3,(H,27,30)/b21-14-,31-25?. The minimum absolute atomic E-state index is 0.142. The Balaban J connectivity index is 1.75. The largest absolute Gasteiger partial charge is 0.382 e. The molecule has 1 aromatic carbocycles. The molecule has 32 heavy (non-hydrogen) atoms. The molecular weight excluding hydrogens is 402 g/mol. The Hall–Kier alpha value is -4.58. The number of nitriles is 1. The van der Waals surface area contributed by atoms with Crippen molar-refractivity contribution in [1.29, 1.82) is 10.8 Å². The Morgan fingerprint density at radius 2 is 1.97 bits per heavy atom. The van der Waals surface area contributed by atoms with Crippen LogP contribution in [0.1, 0.15) is 25.0 Å². The van der Waals surface area contributed by atoms with E-state index in [1.165, 1.54) is 6.20 Å². The second-order valence-electron chi connectivity index (χ2n) is 7.34. The maximum absolute atomic E-state index is 9.09. The first-order valence-electron chi connectivity index (χ1n) is 9.99. The van der Waals surface area contributed by atoms with Crippen LogP contribution in [0.2, 0.25) is 0 Å². The molecule has 9 nitrogen and oxygen atoms in total. The smallest absolute Gasteiger partial charge is 0.164 e. The Bertz CT molecular complexity index is 1330. The fraction of sp³-hybridized carbons (Fsp3) is 0.130. The fourth-order valence-corrected chi connectivity index (χ4v) is 3.20. The topological polar surface area (TPSA) is 128 Å². The molecule has 0 radical (unpaired) electrons. The molecule has 0 atom stereocenters. The second kappa shape index (κ2) is 9.06. The van der Waals surface area contributed by atoms with Gasteiger partial charge in [-0.05, 0) is 32.0 Å². The number of benzene rings is 1. The summed E-state index contributed by atoms with van der Waals surface area (Å²) < 4.78 is 1.62. The van der Waals surface area contributed by atoms with Crippen molar-refractivity contribution in [2.75, 3.05) is 10.6 Å². The number of anilines is 2. The fourth-order valence-electron chi connectivity index (χ4n) is 3.20. The van der Waals surface area contributed by atoms with Crippen LogP contribution in [0.3, 0.4) is 0 Å². The van der Waals surface area contributed by atoms with Crippen molar-refractivity contribution in [1.82, 2.24) is 19.7 Å². The highest BCUT2D eigenvalue weighted by atomic mass is 15.3. The summed E-state index contributed by atoms with van der Waals surface area (Å²) in [5.74, 6) is 0.560. The summed E-state index contributed by atoms with van der Waals surface area (Å²) in [6.45, 7) is 4.06. The van der Waals surface area contributed by atoms with Crippen LogP contribution in [0.4, 0.5) is 11.4 Å². The summed E-state index contributed by atoms with van der Waals surface area (Å²) in [7, 11) is 0. The molecule has 0 aliphatic carbocycles. The van der Waals surface area contributed by atoms with Gasteiger partial charge in [-0.1, -0.05) is 18.2 Å². The zero-order chi connectivity index (χ0) is 22.5. The van der Waals surface area contributed by atoms with E-state index in [2.05, 4.69) is 36.9 Å². The molecule has 9 heteroatoms. The van der Waals surface area contributed by atoms with Gasteiger partial charge < -0.3 is 10.6 Å². The molecule has 158 valence electrons. The molecular formula is C23H21N9. The van der Waals surface area contributed by atoms with Crippen molar-refractivity contribution in [3.8, 4) is 11.9 Å². The number of pyridine rings is 2. The van der Waals surface area contributed by atoms with Crippen molar-refractivity contribution in [2.45, 2.75) is 19.9 Å². The molecule has 0 aliphatic rings. The van der Waals surface area contributed by atoms with Crippen LogP contribution < -0.4 is 10.6 Å². The van der Waals surface area contributed by atoms with Gasteiger partial charge in [0.2, 0.25) is 0 Å². The van der Waals surface area contributed by atoms with E-state index in [9.17, 15) is 0 Å². The predicted molar refractivity (Wildman–Crippen MR) is 123 cm³/mol.